The highest BCUT2D eigenvalue weighted by molar-refractivity contribution is 6.45. The summed E-state index contributed by atoms with van der Waals surface area (Å²) in [6.07, 6.45) is 0. The highest BCUT2D eigenvalue weighted by atomic mass is 14.9. The van der Waals surface area contributed by atoms with Crippen LogP contribution in [0.1, 0.15) is 25.0 Å². The summed E-state index contributed by atoms with van der Waals surface area (Å²) in [6, 6.07) is 31.1. The summed E-state index contributed by atoms with van der Waals surface area (Å²) < 4.78 is 4.96. The topological polar surface area (TPSA) is 8.82 Å². The summed E-state index contributed by atoms with van der Waals surface area (Å²) in [7, 11) is 0. The zero-order valence-corrected chi connectivity index (χ0v) is 21.0. The molecular formula is C36H20N2. The predicted octanol–water partition coefficient (Wildman–Crippen LogP) is 8.73. The molecule has 0 spiro atoms. The van der Waals surface area contributed by atoms with Crippen molar-refractivity contribution in [2.75, 3.05) is 0 Å². The second-order valence-corrected chi connectivity index (χ2v) is 10.1. The number of benzene rings is 5. The molecule has 4 aromatic heterocycles. The monoisotopic (exact) mass is 480 g/mol. The summed E-state index contributed by atoms with van der Waals surface area (Å²) in [5.41, 5.74) is 9.62. The van der Waals surface area contributed by atoms with Gasteiger partial charge in [0.1, 0.15) is 0 Å². The van der Waals surface area contributed by atoms with E-state index in [1.54, 1.807) is 0 Å². The highest BCUT2D eigenvalue weighted by Gasteiger charge is 2.28. The molecule has 9 rings (SSSR count). The van der Waals surface area contributed by atoms with Gasteiger partial charge in [0.2, 0.25) is 0 Å². The van der Waals surface area contributed by atoms with Crippen LogP contribution in [0.3, 0.4) is 0 Å². The molecule has 2 nitrogen and oxygen atoms in total. The minimum Gasteiger partial charge on any atom is -0.308 e. The quantitative estimate of drug-likeness (QED) is 0.192. The second-order valence-electron chi connectivity index (χ2n) is 10.1. The van der Waals surface area contributed by atoms with Gasteiger partial charge in [-0.2, -0.15) is 0 Å². The maximum absolute atomic E-state index is 3.28. The molecule has 0 bridgehead atoms. The Morgan fingerprint density at radius 3 is 1.26 bits per heavy atom. The molecule has 5 aromatic carbocycles. The largest absolute Gasteiger partial charge is 0.308 e. The summed E-state index contributed by atoms with van der Waals surface area (Å²) in [5.74, 6) is 12.7. The first-order valence-electron chi connectivity index (χ1n) is 13.0. The van der Waals surface area contributed by atoms with Crippen molar-refractivity contribution in [3.63, 3.8) is 0 Å². The fraction of sp³-hybridized carbons (Fsp3) is 0.0556. The van der Waals surface area contributed by atoms with Crippen LogP contribution in [0.2, 0.25) is 0 Å². The molecule has 0 radical (unpaired) electrons. The zero-order chi connectivity index (χ0) is 25.1. The Hall–Kier alpha value is -5.18. The molecule has 0 aliphatic heterocycles. The van der Waals surface area contributed by atoms with Crippen molar-refractivity contribution >= 4 is 76.2 Å². The number of nitrogens with zero attached hydrogens (tertiary/aromatic N) is 2. The van der Waals surface area contributed by atoms with Crippen LogP contribution in [0.5, 0.6) is 0 Å². The van der Waals surface area contributed by atoms with E-state index in [-0.39, 0.29) is 0 Å². The van der Waals surface area contributed by atoms with Gasteiger partial charge in [-0.25, -0.2) is 0 Å². The van der Waals surface area contributed by atoms with E-state index in [0.717, 1.165) is 11.1 Å². The first kappa shape index (κ1) is 19.9. The summed E-state index contributed by atoms with van der Waals surface area (Å²) >= 11 is 0. The van der Waals surface area contributed by atoms with Gasteiger partial charge in [0.05, 0.1) is 33.1 Å². The third-order valence-corrected chi connectivity index (χ3v) is 8.28. The van der Waals surface area contributed by atoms with Crippen LogP contribution < -0.4 is 0 Å². The molecule has 0 atom stereocenters. The van der Waals surface area contributed by atoms with Crippen LogP contribution in [-0.4, -0.2) is 8.80 Å². The minimum absolute atomic E-state index is 1.05. The molecule has 174 valence electrons. The van der Waals surface area contributed by atoms with Crippen LogP contribution in [0.25, 0.3) is 76.2 Å². The lowest BCUT2D eigenvalue weighted by atomic mass is 9.97. The summed E-state index contributed by atoms with van der Waals surface area (Å²) in [5, 5.41) is 10.5. The molecule has 2 heteroatoms. The zero-order valence-electron chi connectivity index (χ0n) is 21.0. The molecule has 0 aliphatic carbocycles. The van der Waals surface area contributed by atoms with Gasteiger partial charge in [-0.1, -0.05) is 60.4 Å². The number of hydrogen-bond acceptors (Lipinski definition) is 0. The lowest BCUT2D eigenvalue weighted by Gasteiger charge is -2.03. The Morgan fingerprint density at radius 1 is 0.447 bits per heavy atom. The molecule has 0 unspecified atom stereocenters. The van der Waals surface area contributed by atoms with Crippen molar-refractivity contribution in [1.29, 1.82) is 0 Å². The van der Waals surface area contributed by atoms with Gasteiger partial charge in [-0.05, 0) is 50.2 Å². The van der Waals surface area contributed by atoms with E-state index in [4.69, 9.17) is 0 Å². The third kappa shape index (κ3) is 2.15. The molecule has 0 aliphatic rings. The molecule has 0 saturated heterocycles. The van der Waals surface area contributed by atoms with Gasteiger partial charge in [-0.3, -0.25) is 0 Å². The lowest BCUT2D eigenvalue weighted by Crippen LogP contribution is -1.81. The van der Waals surface area contributed by atoms with Crippen LogP contribution in [0, 0.1) is 23.7 Å². The van der Waals surface area contributed by atoms with Gasteiger partial charge < -0.3 is 8.80 Å². The van der Waals surface area contributed by atoms with Crippen LogP contribution in [0.4, 0.5) is 0 Å². The van der Waals surface area contributed by atoms with Gasteiger partial charge in [0.25, 0.3) is 0 Å². The molecule has 38 heavy (non-hydrogen) atoms. The molecular weight excluding hydrogens is 460 g/mol. The van der Waals surface area contributed by atoms with E-state index in [0.29, 0.717) is 0 Å². The Labute approximate surface area is 218 Å². The average Bonchev–Trinajstić information content (AvgIpc) is 3.65. The number of hydrogen-bond donors (Lipinski definition) is 0. The van der Waals surface area contributed by atoms with Crippen molar-refractivity contribution in [2.24, 2.45) is 0 Å². The predicted molar refractivity (Wildman–Crippen MR) is 161 cm³/mol. The minimum atomic E-state index is 1.05. The second kappa shape index (κ2) is 6.77. The standard InChI is InChI=1S/C36H20N2/c1-3-9-21-15-17-25-29(19-21)37-27-13-7-5-11-23(27)32-34-26-18-16-22(10-4-2)20-30(26)38-28-14-8-6-12-24(28)31(36(34)38)33(25)35(32)37/h5-8,11-20H,1-2H3. The summed E-state index contributed by atoms with van der Waals surface area (Å²) in [6.45, 7) is 3.80. The fourth-order valence-electron chi connectivity index (χ4n) is 7.02. The Morgan fingerprint density at radius 2 is 0.842 bits per heavy atom. The number of para-hydroxylation sites is 2. The molecule has 0 N–H and O–H groups in total. The van der Waals surface area contributed by atoms with Crippen molar-refractivity contribution < 1.29 is 0 Å². The van der Waals surface area contributed by atoms with Gasteiger partial charge >= 0.3 is 0 Å². The maximum atomic E-state index is 3.28. The van der Waals surface area contributed by atoms with Crippen molar-refractivity contribution in [3.05, 3.63) is 96.1 Å². The van der Waals surface area contributed by atoms with Crippen LogP contribution >= 0.6 is 0 Å². The summed E-state index contributed by atoms with van der Waals surface area (Å²) in [4.78, 5) is 0. The van der Waals surface area contributed by atoms with Gasteiger partial charge in [0, 0.05) is 54.2 Å². The normalized spacial score (nSPS) is 12.1. The molecule has 0 saturated carbocycles. The van der Waals surface area contributed by atoms with Crippen LogP contribution in [0.15, 0.2) is 84.9 Å². The van der Waals surface area contributed by atoms with Crippen molar-refractivity contribution in [1.82, 2.24) is 8.80 Å². The highest BCUT2D eigenvalue weighted by Crippen LogP contribution is 2.51. The first-order valence-corrected chi connectivity index (χ1v) is 13.0. The smallest absolute Gasteiger partial charge is 0.0634 e. The van der Waals surface area contributed by atoms with Crippen molar-refractivity contribution in [3.8, 4) is 23.7 Å². The fourth-order valence-corrected chi connectivity index (χ4v) is 7.02. The number of rotatable bonds is 0. The molecule has 4 heterocycles. The molecule has 9 aromatic rings. The number of aromatic nitrogens is 2. The lowest BCUT2D eigenvalue weighted by molar-refractivity contribution is 1.36. The average molecular weight is 481 g/mol. The van der Waals surface area contributed by atoms with Crippen molar-refractivity contribution in [2.45, 2.75) is 13.8 Å². The SMILES string of the molecule is CC#Cc1ccc2c3c4c5ccccc5n5c6cc(C#CC)ccc6c(c6c7ccccc7n(c2c1)c63)c45. The third-order valence-electron chi connectivity index (χ3n) is 8.28. The van der Waals surface area contributed by atoms with Gasteiger partial charge in [0.15, 0.2) is 0 Å². The Balaban J connectivity index is 1.71. The first-order chi connectivity index (χ1) is 18.8. The molecule has 0 fully saturated rings. The van der Waals surface area contributed by atoms with E-state index >= 15 is 0 Å². The van der Waals surface area contributed by atoms with E-state index in [1.807, 2.05) is 13.8 Å². The Bertz CT molecular complexity index is 2400. The van der Waals surface area contributed by atoms with E-state index in [2.05, 4.69) is 117 Å². The van der Waals surface area contributed by atoms with Crippen LogP contribution in [-0.2, 0) is 0 Å². The molecule has 0 amide bonds. The maximum Gasteiger partial charge on any atom is 0.0634 e. The van der Waals surface area contributed by atoms with Gasteiger partial charge in [-0.15, -0.1) is 11.8 Å². The Kier molecular flexibility index (Phi) is 3.55. The number of fused-ring (bicyclic) bond motifs is 14. The van der Waals surface area contributed by atoms with E-state index in [1.165, 1.54) is 76.2 Å². The van der Waals surface area contributed by atoms with E-state index in [9.17, 15) is 0 Å². The van der Waals surface area contributed by atoms with E-state index < -0.39 is 0 Å².